The van der Waals surface area contributed by atoms with Crippen LogP contribution in [0.15, 0.2) is 36.4 Å². The number of amides is 2. The highest BCUT2D eigenvalue weighted by Crippen LogP contribution is 2.25. The first-order valence-corrected chi connectivity index (χ1v) is 8.44. The van der Waals surface area contributed by atoms with E-state index in [1.54, 1.807) is 11.3 Å². The minimum atomic E-state index is -0.179. The van der Waals surface area contributed by atoms with Gasteiger partial charge in [-0.05, 0) is 38.0 Å². The molecule has 1 heterocycles. The molecule has 0 fully saturated rings. The first-order chi connectivity index (χ1) is 11.0. The molecule has 2 amide bonds. The molecule has 0 aliphatic carbocycles. The Bertz CT molecular complexity index is 680. The van der Waals surface area contributed by atoms with E-state index >= 15 is 0 Å². The quantitative estimate of drug-likeness (QED) is 0.855. The van der Waals surface area contributed by atoms with Crippen LogP contribution in [0.5, 0.6) is 0 Å². The van der Waals surface area contributed by atoms with Gasteiger partial charge in [0.15, 0.2) is 0 Å². The van der Waals surface area contributed by atoms with Crippen LogP contribution in [0.1, 0.15) is 33.8 Å². The first-order valence-electron chi connectivity index (χ1n) is 7.62. The van der Waals surface area contributed by atoms with Crippen LogP contribution in [0.25, 0.3) is 0 Å². The molecule has 0 radical (unpaired) electrons. The van der Waals surface area contributed by atoms with Gasteiger partial charge in [0.1, 0.15) is 0 Å². The normalized spacial score (nSPS) is 11.8. The van der Waals surface area contributed by atoms with Crippen LogP contribution in [0.4, 0.5) is 0 Å². The predicted molar refractivity (Wildman–Crippen MR) is 93.5 cm³/mol. The van der Waals surface area contributed by atoms with Gasteiger partial charge in [-0.15, -0.1) is 11.3 Å². The van der Waals surface area contributed by atoms with Gasteiger partial charge >= 0.3 is 0 Å². The average molecular weight is 330 g/mol. The zero-order valence-corrected chi connectivity index (χ0v) is 14.5. The molecule has 4 nitrogen and oxygen atoms in total. The summed E-state index contributed by atoms with van der Waals surface area (Å²) in [5.74, 6) is -0.330. The molecular formula is C18H22N2O2S. The monoisotopic (exact) mass is 330 g/mol. The lowest BCUT2D eigenvalue weighted by molar-refractivity contribution is -0.126. The van der Waals surface area contributed by atoms with Crippen molar-refractivity contribution in [3.05, 3.63) is 57.3 Å². The van der Waals surface area contributed by atoms with Gasteiger partial charge in [0.05, 0.1) is 19.0 Å². The first kappa shape index (κ1) is 17.2. The van der Waals surface area contributed by atoms with Crippen molar-refractivity contribution in [2.45, 2.75) is 33.2 Å². The van der Waals surface area contributed by atoms with E-state index in [4.69, 9.17) is 0 Å². The lowest BCUT2D eigenvalue weighted by atomic mass is 10.1. The predicted octanol–water partition coefficient (Wildman–Crippen LogP) is 2.90. The second-order valence-corrected chi connectivity index (χ2v) is 7.06. The van der Waals surface area contributed by atoms with Gasteiger partial charge in [0.2, 0.25) is 11.8 Å². The molecule has 2 N–H and O–H groups in total. The lowest BCUT2D eigenvalue weighted by Gasteiger charge is -2.14. The highest BCUT2D eigenvalue weighted by Gasteiger charge is 2.14. The maximum Gasteiger partial charge on any atom is 0.239 e. The minimum Gasteiger partial charge on any atom is -0.348 e. The number of nitrogens with one attached hydrogen (secondary N) is 2. The van der Waals surface area contributed by atoms with Crippen molar-refractivity contribution in [3.8, 4) is 0 Å². The molecule has 0 bridgehead atoms. The summed E-state index contributed by atoms with van der Waals surface area (Å²) < 4.78 is 0. The van der Waals surface area contributed by atoms with Crippen molar-refractivity contribution in [1.29, 1.82) is 0 Å². The Morgan fingerprint density at radius 1 is 1.13 bits per heavy atom. The lowest BCUT2D eigenvalue weighted by Crippen LogP contribution is -2.38. The van der Waals surface area contributed by atoms with Crippen LogP contribution in [0.2, 0.25) is 0 Å². The van der Waals surface area contributed by atoms with Crippen molar-refractivity contribution in [2.24, 2.45) is 0 Å². The summed E-state index contributed by atoms with van der Waals surface area (Å²) in [5, 5.41) is 5.58. The van der Waals surface area contributed by atoms with Crippen molar-refractivity contribution in [2.75, 3.05) is 6.54 Å². The molecule has 23 heavy (non-hydrogen) atoms. The van der Waals surface area contributed by atoms with Crippen molar-refractivity contribution in [3.63, 3.8) is 0 Å². The van der Waals surface area contributed by atoms with Crippen molar-refractivity contribution in [1.82, 2.24) is 10.6 Å². The summed E-state index contributed by atoms with van der Waals surface area (Å²) in [5.41, 5.74) is 2.07. The highest BCUT2D eigenvalue weighted by atomic mass is 32.1. The number of carbonyl (C=O) groups is 2. The number of thiophene rings is 1. The molecule has 1 atom stereocenters. The summed E-state index contributed by atoms with van der Waals surface area (Å²) in [7, 11) is 0. The van der Waals surface area contributed by atoms with E-state index in [-0.39, 0.29) is 30.8 Å². The van der Waals surface area contributed by atoms with E-state index in [9.17, 15) is 9.59 Å². The minimum absolute atomic E-state index is 0.00181. The van der Waals surface area contributed by atoms with Gasteiger partial charge in [-0.1, -0.05) is 30.3 Å². The van der Waals surface area contributed by atoms with Gasteiger partial charge in [0.25, 0.3) is 0 Å². The number of rotatable bonds is 6. The molecule has 1 aromatic heterocycles. The summed E-state index contributed by atoms with van der Waals surface area (Å²) in [6.07, 6.45) is 0.284. The fourth-order valence-corrected chi connectivity index (χ4v) is 3.50. The third-order valence-electron chi connectivity index (χ3n) is 3.58. The van der Waals surface area contributed by atoms with E-state index in [1.165, 1.54) is 9.75 Å². The number of aryl methyl sites for hydroxylation is 2. The van der Waals surface area contributed by atoms with Crippen molar-refractivity contribution >= 4 is 23.2 Å². The van der Waals surface area contributed by atoms with Gasteiger partial charge in [0, 0.05) is 9.75 Å². The molecule has 5 heteroatoms. The van der Waals surface area contributed by atoms with Crippen LogP contribution in [-0.4, -0.2) is 18.4 Å². The number of benzene rings is 1. The molecule has 0 aliphatic heterocycles. The largest absolute Gasteiger partial charge is 0.348 e. The Labute approximate surface area is 140 Å². The van der Waals surface area contributed by atoms with Gasteiger partial charge in [-0.3, -0.25) is 9.59 Å². The topological polar surface area (TPSA) is 58.2 Å². The van der Waals surface area contributed by atoms with Gasteiger partial charge < -0.3 is 10.6 Å². The Kier molecular flexibility index (Phi) is 5.93. The average Bonchev–Trinajstić information content (AvgIpc) is 2.85. The number of hydrogen-bond donors (Lipinski definition) is 2. The summed E-state index contributed by atoms with van der Waals surface area (Å²) in [6, 6.07) is 11.5. The maximum atomic E-state index is 12.0. The SMILES string of the molecule is Cc1cc(C(C)NC(=O)CNC(=O)Cc2ccccc2)c(C)s1. The highest BCUT2D eigenvalue weighted by molar-refractivity contribution is 7.12. The summed E-state index contributed by atoms with van der Waals surface area (Å²) in [6.45, 7) is 6.06. The van der Waals surface area contributed by atoms with Crippen LogP contribution in [0, 0.1) is 13.8 Å². The van der Waals surface area contributed by atoms with Gasteiger partial charge in [-0.2, -0.15) is 0 Å². The van der Waals surface area contributed by atoms with E-state index in [0.29, 0.717) is 0 Å². The van der Waals surface area contributed by atoms with E-state index in [0.717, 1.165) is 11.1 Å². The molecule has 122 valence electrons. The zero-order chi connectivity index (χ0) is 16.8. The van der Waals surface area contributed by atoms with E-state index < -0.39 is 0 Å². The smallest absolute Gasteiger partial charge is 0.239 e. The third kappa shape index (κ3) is 5.21. The van der Waals surface area contributed by atoms with E-state index in [1.807, 2.05) is 37.3 Å². The Hall–Kier alpha value is -2.14. The standard InChI is InChI=1S/C18H22N2O2S/c1-12-9-16(14(3)23-12)13(2)20-18(22)11-19-17(21)10-15-7-5-4-6-8-15/h4-9,13H,10-11H2,1-3H3,(H,19,21)(H,20,22). The molecule has 0 spiro atoms. The molecule has 2 aromatic rings. The fraction of sp³-hybridized carbons (Fsp3) is 0.333. The zero-order valence-electron chi connectivity index (χ0n) is 13.7. The molecule has 1 aromatic carbocycles. The Morgan fingerprint density at radius 3 is 2.43 bits per heavy atom. The van der Waals surface area contributed by atoms with E-state index in [2.05, 4.69) is 30.5 Å². The molecule has 2 rings (SSSR count). The second kappa shape index (κ2) is 7.92. The van der Waals surface area contributed by atoms with Crippen molar-refractivity contribution < 1.29 is 9.59 Å². The maximum absolute atomic E-state index is 12.0. The summed E-state index contributed by atoms with van der Waals surface area (Å²) in [4.78, 5) is 26.3. The Morgan fingerprint density at radius 2 is 1.83 bits per heavy atom. The molecule has 0 saturated heterocycles. The van der Waals surface area contributed by atoms with Crippen LogP contribution < -0.4 is 10.6 Å². The van der Waals surface area contributed by atoms with Crippen LogP contribution >= 0.6 is 11.3 Å². The summed E-state index contributed by atoms with van der Waals surface area (Å²) >= 11 is 1.72. The fourth-order valence-electron chi connectivity index (χ4n) is 2.47. The second-order valence-electron chi connectivity index (χ2n) is 5.60. The Balaban J connectivity index is 1.78. The molecular weight excluding hydrogens is 308 g/mol. The molecule has 1 unspecified atom stereocenters. The molecule has 0 aliphatic rings. The van der Waals surface area contributed by atoms with Crippen LogP contribution in [-0.2, 0) is 16.0 Å². The number of hydrogen-bond acceptors (Lipinski definition) is 3. The van der Waals surface area contributed by atoms with Gasteiger partial charge in [-0.25, -0.2) is 0 Å². The number of carbonyl (C=O) groups excluding carboxylic acids is 2. The third-order valence-corrected chi connectivity index (χ3v) is 4.56. The molecule has 0 saturated carbocycles. The van der Waals surface area contributed by atoms with Crippen LogP contribution in [0.3, 0.4) is 0 Å².